The van der Waals surface area contributed by atoms with Gasteiger partial charge in [0.25, 0.3) is 0 Å². The van der Waals surface area contributed by atoms with Crippen molar-refractivity contribution in [3.8, 4) is 0 Å². The maximum atomic E-state index is 6.29. The van der Waals surface area contributed by atoms with Crippen LogP contribution in [-0.4, -0.2) is 24.6 Å². The Hall–Kier alpha value is -0.0500. The summed E-state index contributed by atoms with van der Waals surface area (Å²) in [4.78, 5) is 2.38. The molecule has 88 valence electrons. The van der Waals surface area contributed by atoms with Crippen LogP contribution < -0.4 is 4.90 Å². The minimum Gasteiger partial charge on any atom is -0.369 e. The lowest BCUT2D eigenvalue weighted by Gasteiger charge is -2.23. The van der Waals surface area contributed by atoms with E-state index in [1.165, 1.54) is 17.9 Å². The van der Waals surface area contributed by atoms with Gasteiger partial charge in [0, 0.05) is 24.7 Å². The summed E-state index contributed by atoms with van der Waals surface area (Å²) >= 11 is 14.1. The zero-order valence-electron chi connectivity index (χ0n) is 9.09. The van der Waals surface area contributed by atoms with Crippen LogP contribution in [0.5, 0.6) is 0 Å². The number of hydrogen-bond donors (Lipinski definition) is 0. The summed E-state index contributed by atoms with van der Waals surface area (Å²) in [6, 6.07) is 6.13. The minimum absolute atomic E-state index is 0.524. The van der Waals surface area contributed by atoms with Crippen LogP contribution in [0.4, 0.5) is 5.69 Å². The summed E-state index contributed by atoms with van der Waals surface area (Å²) in [5, 5.41) is 0.824. The van der Waals surface area contributed by atoms with Crippen LogP contribution in [0, 0.1) is 0 Å². The normalized spacial score (nSPS) is 17.2. The summed E-state index contributed by atoms with van der Waals surface area (Å²) < 4.78 is 0. The first-order valence-corrected chi connectivity index (χ1v) is 7.55. The number of anilines is 1. The van der Waals surface area contributed by atoms with Crippen LogP contribution in [0.1, 0.15) is 12.0 Å². The molecule has 4 heteroatoms. The molecule has 1 fully saturated rings. The van der Waals surface area contributed by atoms with Gasteiger partial charge in [-0.2, -0.15) is 11.8 Å². The lowest BCUT2D eigenvalue weighted by molar-refractivity contribution is 0.816. The molecule has 1 aliphatic heterocycles. The fourth-order valence-corrected chi connectivity index (χ4v) is 3.25. The first-order valence-electron chi connectivity index (χ1n) is 5.48. The highest BCUT2D eigenvalue weighted by Gasteiger charge is 2.13. The van der Waals surface area contributed by atoms with Crippen LogP contribution in [0.3, 0.4) is 0 Å². The standard InChI is InChI=1S/C12H15Cl2NS/c13-9-10-2-3-12(11(14)8-10)15-4-1-6-16-7-5-15/h2-3,8H,1,4-7,9H2. The maximum absolute atomic E-state index is 6.29. The zero-order chi connectivity index (χ0) is 11.4. The Balaban J connectivity index is 2.18. The average Bonchev–Trinajstić information content (AvgIpc) is 2.57. The van der Waals surface area contributed by atoms with E-state index in [2.05, 4.69) is 17.0 Å². The second-order valence-electron chi connectivity index (χ2n) is 3.87. The van der Waals surface area contributed by atoms with Gasteiger partial charge in [-0.3, -0.25) is 0 Å². The molecule has 0 radical (unpaired) electrons. The topological polar surface area (TPSA) is 3.24 Å². The van der Waals surface area contributed by atoms with Crippen molar-refractivity contribution < 1.29 is 0 Å². The van der Waals surface area contributed by atoms with E-state index in [1.807, 2.05) is 17.8 Å². The van der Waals surface area contributed by atoms with Crippen molar-refractivity contribution >= 4 is 40.7 Å². The van der Waals surface area contributed by atoms with Crippen LogP contribution in [-0.2, 0) is 5.88 Å². The smallest absolute Gasteiger partial charge is 0.0642 e. The van der Waals surface area contributed by atoms with Gasteiger partial charge >= 0.3 is 0 Å². The monoisotopic (exact) mass is 275 g/mol. The number of halogens is 2. The fourth-order valence-electron chi connectivity index (χ4n) is 1.88. The molecule has 0 N–H and O–H groups in total. The van der Waals surface area contributed by atoms with Gasteiger partial charge in [-0.05, 0) is 29.9 Å². The zero-order valence-corrected chi connectivity index (χ0v) is 11.4. The van der Waals surface area contributed by atoms with Crippen molar-refractivity contribution in [2.75, 3.05) is 29.5 Å². The van der Waals surface area contributed by atoms with E-state index in [1.54, 1.807) is 0 Å². The molecule has 0 atom stereocenters. The number of thioether (sulfide) groups is 1. The van der Waals surface area contributed by atoms with Crippen LogP contribution in [0.25, 0.3) is 0 Å². The third kappa shape index (κ3) is 2.99. The molecule has 1 saturated heterocycles. The van der Waals surface area contributed by atoms with E-state index < -0.39 is 0 Å². The SMILES string of the molecule is ClCc1ccc(N2CCCSCC2)c(Cl)c1. The van der Waals surface area contributed by atoms with E-state index in [9.17, 15) is 0 Å². The molecule has 1 aromatic rings. The Morgan fingerprint density at radius 2 is 2.12 bits per heavy atom. The summed E-state index contributed by atoms with van der Waals surface area (Å²) in [6.07, 6.45) is 1.23. The van der Waals surface area contributed by atoms with E-state index in [-0.39, 0.29) is 0 Å². The van der Waals surface area contributed by atoms with Crippen molar-refractivity contribution in [2.24, 2.45) is 0 Å². The highest BCUT2D eigenvalue weighted by Crippen LogP contribution is 2.29. The minimum atomic E-state index is 0.524. The lowest BCUT2D eigenvalue weighted by atomic mass is 10.2. The van der Waals surface area contributed by atoms with Gasteiger partial charge in [-0.25, -0.2) is 0 Å². The molecule has 0 aliphatic carbocycles. The number of nitrogens with zero attached hydrogens (tertiary/aromatic N) is 1. The van der Waals surface area contributed by atoms with Crippen LogP contribution >= 0.6 is 35.0 Å². The number of hydrogen-bond acceptors (Lipinski definition) is 2. The number of rotatable bonds is 2. The molecule has 1 aliphatic rings. The van der Waals surface area contributed by atoms with Gasteiger partial charge in [0.05, 0.1) is 10.7 Å². The van der Waals surface area contributed by atoms with Crippen LogP contribution in [0.15, 0.2) is 18.2 Å². The molecule has 1 nitrogen and oxygen atoms in total. The molecule has 0 aromatic heterocycles. The van der Waals surface area contributed by atoms with E-state index in [4.69, 9.17) is 23.2 Å². The molecule has 0 spiro atoms. The number of alkyl halides is 1. The van der Waals surface area contributed by atoms with E-state index in [0.717, 1.165) is 29.4 Å². The third-order valence-electron chi connectivity index (χ3n) is 2.73. The third-order valence-corrected chi connectivity index (χ3v) is 4.39. The van der Waals surface area contributed by atoms with Gasteiger partial charge < -0.3 is 4.90 Å². The molecule has 1 heterocycles. The lowest BCUT2D eigenvalue weighted by Crippen LogP contribution is -2.25. The quantitative estimate of drug-likeness (QED) is 0.750. The van der Waals surface area contributed by atoms with Gasteiger partial charge in [0.1, 0.15) is 0 Å². The summed E-state index contributed by atoms with van der Waals surface area (Å²) in [7, 11) is 0. The first-order chi connectivity index (χ1) is 7.81. The summed E-state index contributed by atoms with van der Waals surface area (Å²) in [5.74, 6) is 2.97. The average molecular weight is 276 g/mol. The van der Waals surface area contributed by atoms with Gasteiger partial charge in [-0.1, -0.05) is 17.7 Å². The van der Waals surface area contributed by atoms with Gasteiger partial charge in [-0.15, -0.1) is 11.6 Å². The second kappa shape index (κ2) is 6.04. The molecule has 0 bridgehead atoms. The summed E-state index contributed by atoms with van der Waals surface area (Å²) in [6.45, 7) is 2.19. The fraction of sp³-hybridized carbons (Fsp3) is 0.500. The van der Waals surface area contributed by atoms with E-state index >= 15 is 0 Å². The molecule has 1 aromatic carbocycles. The Labute approximate surface area is 111 Å². The predicted molar refractivity (Wildman–Crippen MR) is 75.2 cm³/mol. The molecule has 16 heavy (non-hydrogen) atoms. The highest BCUT2D eigenvalue weighted by atomic mass is 35.5. The second-order valence-corrected chi connectivity index (χ2v) is 5.77. The van der Waals surface area contributed by atoms with Crippen molar-refractivity contribution in [1.29, 1.82) is 0 Å². The molecule has 2 rings (SSSR count). The molecule has 0 unspecified atom stereocenters. The van der Waals surface area contributed by atoms with Crippen molar-refractivity contribution in [1.82, 2.24) is 0 Å². The Morgan fingerprint density at radius 1 is 1.25 bits per heavy atom. The Kier molecular flexibility index (Phi) is 4.68. The maximum Gasteiger partial charge on any atom is 0.0642 e. The molecule has 0 amide bonds. The Bertz CT molecular complexity index is 349. The largest absolute Gasteiger partial charge is 0.369 e. The van der Waals surface area contributed by atoms with Gasteiger partial charge in [0.15, 0.2) is 0 Å². The first kappa shape index (κ1) is 12.4. The van der Waals surface area contributed by atoms with Crippen molar-refractivity contribution in [2.45, 2.75) is 12.3 Å². The van der Waals surface area contributed by atoms with Crippen LogP contribution in [0.2, 0.25) is 5.02 Å². The Morgan fingerprint density at radius 3 is 2.88 bits per heavy atom. The molecule has 0 saturated carbocycles. The molecular formula is C12H15Cl2NS. The predicted octanol–water partition coefficient (Wildman–Crippen LogP) is 4.02. The number of benzene rings is 1. The van der Waals surface area contributed by atoms with Crippen molar-refractivity contribution in [3.63, 3.8) is 0 Å². The van der Waals surface area contributed by atoms with Crippen molar-refractivity contribution in [3.05, 3.63) is 28.8 Å². The molecular weight excluding hydrogens is 261 g/mol. The van der Waals surface area contributed by atoms with E-state index in [0.29, 0.717) is 5.88 Å². The summed E-state index contributed by atoms with van der Waals surface area (Å²) in [5.41, 5.74) is 2.23. The van der Waals surface area contributed by atoms with Gasteiger partial charge in [0.2, 0.25) is 0 Å². The highest BCUT2D eigenvalue weighted by molar-refractivity contribution is 7.99.